The Morgan fingerprint density at radius 3 is 2.24 bits per heavy atom. The monoisotopic (exact) mass is 409 g/mol. The molecular formula is C22H19NO5S. The summed E-state index contributed by atoms with van der Waals surface area (Å²) in [5.41, 5.74) is 2.82. The van der Waals surface area contributed by atoms with Crippen molar-refractivity contribution in [2.24, 2.45) is 0 Å². The molecule has 148 valence electrons. The lowest BCUT2D eigenvalue weighted by Crippen LogP contribution is -1.99. The van der Waals surface area contributed by atoms with E-state index < -0.39 is 5.97 Å². The zero-order valence-electron chi connectivity index (χ0n) is 16.1. The third-order valence-corrected chi connectivity index (χ3v) is 5.05. The molecule has 0 radical (unpaired) electrons. The zero-order chi connectivity index (χ0) is 21.0. The summed E-state index contributed by atoms with van der Waals surface area (Å²) in [4.78, 5) is 27.9. The lowest BCUT2D eigenvalue weighted by molar-refractivity contribution is 0.0696. The number of carbonyl (C=O) groups is 2. The lowest BCUT2D eigenvalue weighted by atomic mass is 10.0. The molecule has 3 rings (SSSR count). The van der Waals surface area contributed by atoms with Gasteiger partial charge in [-0.25, -0.2) is 9.78 Å². The fourth-order valence-corrected chi connectivity index (χ4v) is 3.39. The fraction of sp³-hybridized carbons (Fsp3) is 0.136. The molecule has 2 aromatic carbocycles. The number of ether oxygens (including phenoxy) is 2. The van der Waals surface area contributed by atoms with E-state index in [0.29, 0.717) is 22.6 Å². The summed E-state index contributed by atoms with van der Waals surface area (Å²) in [6, 6.07) is 9.41. The van der Waals surface area contributed by atoms with Crippen LogP contribution in [0, 0.1) is 6.92 Å². The summed E-state index contributed by atoms with van der Waals surface area (Å²) in [6.07, 6.45) is 3.09. The Hall–Kier alpha value is -3.45. The van der Waals surface area contributed by atoms with Crippen molar-refractivity contribution in [3.63, 3.8) is 0 Å². The molecule has 0 atom stereocenters. The average molecular weight is 409 g/mol. The number of benzene rings is 2. The molecule has 1 aromatic heterocycles. The molecule has 6 nitrogen and oxygen atoms in total. The van der Waals surface area contributed by atoms with Crippen LogP contribution in [-0.4, -0.2) is 36.1 Å². The van der Waals surface area contributed by atoms with Gasteiger partial charge in [-0.05, 0) is 37.3 Å². The number of allylic oxidation sites excluding steroid dienone is 1. The highest BCUT2D eigenvalue weighted by Crippen LogP contribution is 2.37. The summed E-state index contributed by atoms with van der Waals surface area (Å²) in [5.74, 6) is -0.0964. The van der Waals surface area contributed by atoms with Crippen LogP contribution >= 0.6 is 11.3 Å². The van der Waals surface area contributed by atoms with Gasteiger partial charge in [-0.2, -0.15) is 0 Å². The third kappa shape index (κ3) is 4.52. The van der Waals surface area contributed by atoms with E-state index in [0.717, 1.165) is 16.3 Å². The van der Waals surface area contributed by atoms with Crippen LogP contribution in [0.2, 0.25) is 0 Å². The topological polar surface area (TPSA) is 85.7 Å². The van der Waals surface area contributed by atoms with Gasteiger partial charge in [-0.1, -0.05) is 12.1 Å². The predicted molar refractivity (Wildman–Crippen MR) is 112 cm³/mol. The first-order chi connectivity index (χ1) is 13.9. The highest BCUT2D eigenvalue weighted by atomic mass is 32.1. The first kappa shape index (κ1) is 20.3. The molecule has 7 heteroatoms. The van der Waals surface area contributed by atoms with Crippen LogP contribution < -0.4 is 9.47 Å². The Morgan fingerprint density at radius 2 is 1.69 bits per heavy atom. The molecule has 1 heterocycles. The number of aromatic carboxylic acids is 1. The van der Waals surface area contributed by atoms with E-state index in [4.69, 9.17) is 14.6 Å². The van der Waals surface area contributed by atoms with Gasteiger partial charge in [0.25, 0.3) is 0 Å². The second-order valence-electron chi connectivity index (χ2n) is 6.13. The Kier molecular flexibility index (Phi) is 6.09. The summed E-state index contributed by atoms with van der Waals surface area (Å²) in [7, 11) is 3.13. The van der Waals surface area contributed by atoms with Crippen molar-refractivity contribution >= 4 is 29.2 Å². The summed E-state index contributed by atoms with van der Waals surface area (Å²) in [6.45, 7) is 1.93. The molecule has 3 aromatic rings. The smallest absolute Gasteiger partial charge is 0.335 e. The van der Waals surface area contributed by atoms with Crippen LogP contribution in [0.1, 0.15) is 31.3 Å². The molecule has 0 saturated carbocycles. The van der Waals surface area contributed by atoms with Gasteiger partial charge in [0.05, 0.1) is 30.5 Å². The Balaban J connectivity index is 1.94. The van der Waals surface area contributed by atoms with Crippen LogP contribution in [0.25, 0.3) is 17.3 Å². The molecule has 0 saturated heterocycles. The molecule has 0 aliphatic rings. The van der Waals surface area contributed by atoms with Crippen LogP contribution in [0.15, 0.2) is 47.9 Å². The number of aryl methyl sites for hydroxylation is 1. The number of hydrogen-bond donors (Lipinski definition) is 1. The van der Waals surface area contributed by atoms with Crippen molar-refractivity contribution in [2.75, 3.05) is 14.2 Å². The number of carboxylic acid groups (broad SMARTS) is 1. The SMILES string of the molecule is COc1cc(OC)c(-c2csc(C)n2)cc1C=CC(=O)c1ccc(C(=O)O)cc1. The summed E-state index contributed by atoms with van der Waals surface area (Å²) in [5, 5.41) is 11.8. The maximum absolute atomic E-state index is 12.5. The van der Waals surface area contributed by atoms with Crippen molar-refractivity contribution in [3.8, 4) is 22.8 Å². The van der Waals surface area contributed by atoms with E-state index >= 15 is 0 Å². The Bertz CT molecular complexity index is 1080. The van der Waals surface area contributed by atoms with Crippen LogP contribution in [-0.2, 0) is 0 Å². The van der Waals surface area contributed by atoms with Gasteiger partial charge >= 0.3 is 5.97 Å². The maximum Gasteiger partial charge on any atom is 0.335 e. The molecule has 29 heavy (non-hydrogen) atoms. The normalized spacial score (nSPS) is 10.9. The molecule has 1 N–H and O–H groups in total. The number of methoxy groups -OCH3 is 2. The van der Waals surface area contributed by atoms with Gasteiger partial charge in [-0.3, -0.25) is 4.79 Å². The zero-order valence-corrected chi connectivity index (χ0v) is 16.9. The number of hydrogen-bond acceptors (Lipinski definition) is 6. The predicted octanol–water partition coefficient (Wildman–Crippen LogP) is 4.73. The van der Waals surface area contributed by atoms with Crippen LogP contribution in [0.3, 0.4) is 0 Å². The Morgan fingerprint density at radius 1 is 1.03 bits per heavy atom. The number of aromatic nitrogens is 1. The van der Waals surface area contributed by atoms with Gasteiger partial charge in [0.1, 0.15) is 11.5 Å². The van der Waals surface area contributed by atoms with Gasteiger partial charge in [0, 0.05) is 28.1 Å². The first-order valence-electron chi connectivity index (χ1n) is 8.67. The van der Waals surface area contributed by atoms with Crippen molar-refractivity contribution in [2.45, 2.75) is 6.92 Å². The molecule has 0 fully saturated rings. The largest absolute Gasteiger partial charge is 0.496 e. The molecule has 0 aliphatic carbocycles. The van der Waals surface area contributed by atoms with Gasteiger partial charge in [0.15, 0.2) is 5.78 Å². The van der Waals surface area contributed by atoms with Gasteiger partial charge < -0.3 is 14.6 Å². The second-order valence-corrected chi connectivity index (χ2v) is 7.19. The minimum atomic E-state index is -1.03. The van der Waals surface area contributed by atoms with Crippen molar-refractivity contribution < 1.29 is 24.2 Å². The van der Waals surface area contributed by atoms with E-state index in [9.17, 15) is 9.59 Å². The first-order valence-corrected chi connectivity index (χ1v) is 9.55. The molecule has 0 bridgehead atoms. The number of carboxylic acids is 1. The molecule has 0 spiro atoms. The summed E-state index contributed by atoms with van der Waals surface area (Å²) >= 11 is 1.54. The molecule has 0 amide bonds. The molecule has 0 aliphatic heterocycles. The minimum absolute atomic E-state index is 0.130. The van der Waals surface area contributed by atoms with Crippen molar-refractivity contribution in [1.82, 2.24) is 4.98 Å². The number of rotatable bonds is 7. The second kappa shape index (κ2) is 8.70. The van der Waals surface area contributed by atoms with Crippen molar-refractivity contribution in [1.29, 1.82) is 0 Å². The molecule has 0 unspecified atom stereocenters. The number of nitrogens with zero attached hydrogens (tertiary/aromatic N) is 1. The quantitative estimate of drug-likeness (QED) is 0.448. The van der Waals surface area contributed by atoms with E-state index in [1.807, 2.05) is 18.4 Å². The van der Waals surface area contributed by atoms with Gasteiger partial charge in [0.2, 0.25) is 0 Å². The summed E-state index contributed by atoms with van der Waals surface area (Å²) < 4.78 is 10.9. The van der Waals surface area contributed by atoms with E-state index in [2.05, 4.69) is 4.98 Å². The molecular weight excluding hydrogens is 390 g/mol. The minimum Gasteiger partial charge on any atom is -0.496 e. The number of carbonyl (C=O) groups excluding carboxylic acids is 1. The highest BCUT2D eigenvalue weighted by molar-refractivity contribution is 7.09. The highest BCUT2D eigenvalue weighted by Gasteiger charge is 2.14. The van der Waals surface area contributed by atoms with E-state index in [1.165, 1.54) is 30.3 Å². The van der Waals surface area contributed by atoms with Gasteiger partial charge in [-0.15, -0.1) is 11.3 Å². The number of thiazole rings is 1. The number of ketones is 1. The van der Waals surface area contributed by atoms with E-state index in [1.54, 1.807) is 37.7 Å². The van der Waals surface area contributed by atoms with Crippen molar-refractivity contribution in [3.05, 3.63) is 69.6 Å². The van der Waals surface area contributed by atoms with E-state index in [-0.39, 0.29) is 11.3 Å². The van der Waals surface area contributed by atoms with Crippen LogP contribution in [0.4, 0.5) is 0 Å². The fourth-order valence-electron chi connectivity index (χ4n) is 2.78. The van der Waals surface area contributed by atoms with Crippen LogP contribution in [0.5, 0.6) is 11.5 Å². The Labute approximate surface area is 172 Å². The average Bonchev–Trinajstić information content (AvgIpc) is 3.17. The third-order valence-electron chi connectivity index (χ3n) is 4.28. The maximum atomic E-state index is 12.5. The lowest BCUT2D eigenvalue weighted by Gasteiger charge is -2.12. The standard InChI is InChI=1S/C22H19NO5S/c1-13-23-18(12-29-13)17-10-16(20(27-2)11-21(17)28-3)8-9-19(24)14-4-6-15(7-5-14)22(25)26/h4-12H,1-3H3,(H,25,26).